The van der Waals surface area contributed by atoms with E-state index in [9.17, 15) is 23.1 Å². The molecule has 1 unspecified atom stereocenters. The van der Waals surface area contributed by atoms with Crippen LogP contribution in [0.2, 0.25) is 0 Å². The van der Waals surface area contributed by atoms with Gasteiger partial charge in [0.05, 0.1) is 19.2 Å². The van der Waals surface area contributed by atoms with Gasteiger partial charge in [-0.25, -0.2) is 4.79 Å². The topological polar surface area (TPSA) is 71.5 Å². The highest BCUT2D eigenvalue weighted by molar-refractivity contribution is 5.94. The molecule has 0 spiro atoms. The minimum atomic E-state index is -5.24. The Balaban J connectivity index is 2.71. The molecule has 0 amide bonds. The van der Waals surface area contributed by atoms with Gasteiger partial charge in [-0.2, -0.15) is 13.2 Å². The Bertz CT molecular complexity index is 695. The van der Waals surface area contributed by atoms with Crippen molar-refractivity contribution >= 4 is 16.9 Å². The van der Waals surface area contributed by atoms with E-state index in [0.717, 1.165) is 6.20 Å². The van der Waals surface area contributed by atoms with Crippen molar-refractivity contribution in [3.63, 3.8) is 0 Å². The summed E-state index contributed by atoms with van der Waals surface area (Å²) in [5, 5.41) is 10.1. The molecule has 0 aliphatic carbocycles. The highest BCUT2D eigenvalue weighted by Gasteiger charge is 2.63. The molecule has 1 aromatic carbocycles. The van der Waals surface area contributed by atoms with E-state index in [2.05, 4.69) is 9.72 Å². The molecule has 120 valence electrons. The quantitative estimate of drug-likeness (QED) is 0.850. The molecular weight excluding hydrogens is 303 g/mol. The summed E-state index contributed by atoms with van der Waals surface area (Å²) in [7, 11) is 1.36. The molecule has 0 radical (unpaired) electrons. The molecule has 0 fully saturated rings. The molecular formula is C14H14F3NO4. The number of esters is 1. The van der Waals surface area contributed by atoms with E-state index in [0.29, 0.717) is 0 Å². The lowest BCUT2D eigenvalue weighted by molar-refractivity contribution is -0.267. The van der Waals surface area contributed by atoms with Crippen molar-refractivity contribution in [1.29, 1.82) is 0 Å². The van der Waals surface area contributed by atoms with Crippen LogP contribution in [0.4, 0.5) is 13.2 Å². The van der Waals surface area contributed by atoms with Crippen molar-refractivity contribution in [2.75, 3.05) is 13.7 Å². The van der Waals surface area contributed by atoms with Crippen LogP contribution in [0.1, 0.15) is 12.5 Å². The van der Waals surface area contributed by atoms with Gasteiger partial charge in [0.25, 0.3) is 5.60 Å². The minimum absolute atomic E-state index is 0.0206. The number of benzene rings is 1. The summed E-state index contributed by atoms with van der Waals surface area (Å²) < 4.78 is 49.5. The van der Waals surface area contributed by atoms with Gasteiger partial charge in [0.1, 0.15) is 5.75 Å². The van der Waals surface area contributed by atoms with Gasteiger partial charge in [0.15, 0.2) is 0 Å². The zero-order valence-corrected chi connectivity index (χ0v) is 11.8. The Labute approximate surface area is 123 Å². The third-order valence-corrected chi connectivity index (χ3v) is 3.27. The normalized spacial score (nSPS) is 14.6. The van der Waals surface area contributed by atoms with Crippen molar-refractivity contribution in [1.82, 2.24) is 4.98 Å². The molecule has 0 saturated carbocycles. The molecule has 2 N–H and O–H groups in total. The zero-order chi connectivity index (χ0) is 16.5. The van der Waals surface area contributed by atoms with E-state index >= 15 is 0 Å². The number of aromatic amines is 1. The maximum Gasteiger partial charge on any atom is 0.432 e. The van der Waals surface area contributed by atoms with E-state index in [4.69, 9.17) is 4.74 Å². The van der Waals surface area contributed by atoms with Crippen LogP contribution in [-0.2, 0) is 15.1 Å². The lowest BCUT2D eigenvalue weighted by Crippen LogP contribution is -2.50. The average molecular weight is 317 g/mol. The fraction of sp³-hybridized carbons (Fsp3) is 0.357. The Hall–Kier alpha value is -2.22. The van der Waals surface area contributed by atoms with Crippen molar-refractivity contribution in [3.8, 4) is 5.75 Å². The van der Waals surface area contributed by atoms with Crippen LogP contribution in [0.3, 0.4) is 0 Å². The van der Waals surface area contributed by atoms with Gasteiger partial charge in [-0.3, -0.25) is 0 Å². The predicted molar refractivity (Wildman–Crippen MR) is 71.4 cm³/mol. The van der Waals surface area contributed by atoms with Gasteiger partial charge in [-0.1, -0.05) is 12.1 Å². The third kappa shape index (κ3) is 2.29. The first-order valence-corrected chi connectivity index (χ1v) is 6.38. The SMILES string of the molecule is CCOC(=O)C(O)(c1c[nH]c2c(OC)cccc12)C(F)(F)F. The number of aliphatic hydroxyl groups is 1. The number of carbonyl (C=O) groups excluding carboxylic acids is 1. The van der Waals surface area contributed by atoms with Gasteiger partial charge in [0, 0.05) is 17.1 Å². The van der Waals surface area contributed by atoms with Crippen molar-refractivity contribution in [3.05, 3.63) is 30.0 Å². The van der Waals surface area contributed by atoms with Crippen LogP contribution < -0.4 is 4.74 Å². The molecule has 1 atom stereocenters. The van der Waals surface area contributed by atoms with E-state index in [1.807, 2.05) is 0 Å². The summed E-state index contributed by atoms with van der Waals surface area (Å²) in [6.45, 7) is 1.07. The number of para-hydroxylation sites is 1. The number of carbonyl (C=O) groups is 1. The predicted octanol–water partition coefficient (Wildman–Crippen LogP) is 2.49. The molecule has 0 bridgehead atoms. The molecule has 8 heteroatoms. The van der Waals surface area contributed by atoms with E-state index in [1.165, 1.54) is 26.2 Å². The van der Waals surface area contributed by atoms with Crippen LogP contribution >= 0.6 is 0 Å². The standard InChI is InChI=1S/C14H14F3NO4/c1-3-22-12(19)13(20,14(15,16)17)9-7-18-11-8(9)5-4-6-10(11)21-2/h4-7,18,20H,3H2,1-2H3. The summed E-state index contributed by atoms with van der Waals surface area (Å²) >= 11 is 0. The van der Waals surface area contributed by atoms with Crippen LogP contribution in [-0.4, -0.2) is 36.0 Å². The Morgan fingerprint density at radius 3 is 2.59 bits per heavy atom. The van der Waals surface area contributed by atoms with Crippen molar-refractivity contribution in [2.45, 2.75) is 18.7 Å². The van der Waals surface area contributed by atoms with E-state index < -0.39 is 23.3 Å². The number of nitrogens with one attached hydrogen (secondary N) is 1. The van der Waals surface area contributed by atoms with Crippen LogP contribution in [0.15, 0.2) is 24.4 Å². The van der Waals surface area contributed by atoms with Crippen molar-refractivity contribution < 1.29 is 32.5 Å². The summed E-state index contributed by atoms with van der Waals surface area (Å²) in [6, 6.07) is 4.35. The van der Waals surface area contributed by atoms with Crippen LogP contribution in [0.5, 0.6) is 5.75 Å². The number of hydrogen-bond acceptors (Lipinski definition) is 4. The smallest absolute Gasteiger partial charge is 0.432 e. The molecule has 1 aromatic heterocycles. The molecule has 0 aliphatic heterocycles. The van der Waals surface area contributed by atoms with Crippen LogP contribution in [0, 0.1) is 0 Å². The number of fused-ring (bicyclic) bond motifs is 1. The fourth-order valence-electron chi connectivity index (χ4n) is 2.21. The first-order valence-electron chi connectivity index (χ1n) is 6.38. The van der Waals surface area contributed by atoms with Crippen molar-refractivity contribution in [2.24, 2.45) is 0 Å². The molecule has 22 heavy (non-hydrogen) atoms. The second kappa shape index (κ2) is 5.53. The van der Waals surface area contributed by atoms with Gasteiger partial charge < -0.3 is 19.6 Å². The zero-order valence-electron chi connectivity index (χ0n) is 11.8. The number of halogens is 3. The molecule has 5 nitrogen and oxygen atoms in total. The highest BCUT2D eigenvalue weighted by atomic mass is 19.4. The Kier molecular flexibility index (Phi) is 4.06. The maximum atomic E-state index is 13.4. The van der Waals surface area contributed by atoms with E-state index in [1.54, 1.807) is 6.07 Å². The average Bonchev–Trinajstić information content (AvgIpc) is 2.89. The Morgan fingerprint density at radius 1 is 1.36 bits per heavy atom. The Morgan fingerprint density at radius 2 is 2.05 bits per heavy atom. The third-order valence-electron chi connectivity index (χ3n) is 3.27. The number of H-pyrrole nitrogens is 1. The van der Waals surface area contributed by atoms with E-state index in [-0.39, 0.29) is 23.3 Å². The monoisotopic (exact) mass is 317 g/mol. The molecule has 1 heterocycles. The number of ether oxygens (including phenoxy) is 2. The summed E-state index contributed by atoms with van der Waals surface area (Å²) in [6.07, 6.45) is -4.31. The van der Waals surface area contributed by atoms with Gasteiger partial charge in [-0.05, 0) is 13.0 Å². The number of rotatable bonds is 4. The van der Waals surface area contributed by atoms with Gasteiger partial charge in [0.2, 0.25) is 0 Å². The maximum absolute atomic E-state index is 13.4. The molecule has 0 aliphatic rings. The lowest BCUT2D eigenvalue weighted by atomic mass is 9.92. The second-order valence-corrected chi connectivity index (χ2v) is 4.51. The fourth-order valence-corrected chi connectivity index (χ4v) is 2.21. The lowest BCUT2D eigenvalue weighted by Gasteiger charge is -2.27. The van der Waals surface area contributed by atoms with Gasteiger partial charge >= 0.3 is 12.1 Å². The number of hydrogen-bond donors (Lipinski definition) is 2. The van der Waals surface area contributed by atoms with Gasteiger partial charge in [-0.15, -0.1) is 0 Å². The minimum Gasteiger partial charge on any atom is -0.495 e. The largest absolute Gasteiger partial charge is 0.495 e. The molecule has 0 saturated heterocycles. The number of alkyl halides is 3. The summed E-state index contributed by atoms with van der Waals surface area (Å²) in [4.78, 5) is 14.4. The summed E-state index contributed by atoms with van der Waals surface area (Å²) in [5.74, 6) is -1.48. The summed E-state index contributed by atoms with van der Waals surface area (Å²) in [5.41, 5.74) is -4.15. The first-order chi connectivity index (χ1) is 10.3. The first kappa shape index (κ1) is 16.2. The molecule has 2 aromatic rings. The second-order valence-electron chi connectivity index (χ2n) is 4.51. The number of methoxy groups -OCH3 is 1. The number of aromatic nitrogens is 1. The molecule has 2 rings (SSSR count). The van der Waals surface area contributed by atoms with Crippen LogP contribution in [0.25, 0.3) is 10.9 Å². The highest BCUT2D eigenvalue weighted by Crippen LogP contribution is 2.43.